The fourth-order valence-electron chi connectivity index (χ4n) is 1.76. The van der Waals surface area contributed by atoms with Gasteiger partial charge in [-0.15, -0.1) is 0 Å². The molecule has 0 aliphatic carbocycles. The molecular formula is C14H16N4O2. The molecule has 0 unspecified atom stereocenters. The summed E-state index contributed by atoms with van der Waals surface area (Å²) < 4.78 is 0. The van der Waals surface area contributed by atoms with Crippen LogP contribution in [0.1, 0.15) is 5.56 Å². The lowest BCUT2D eigenvalue weighted by molar-refractivity contribution is 0.224. The molecular weight excluding hydrogens is 256 g/mol. The molecule has 0 bridgehead atoms. The molecule has 20 heavy (non-hydrogen) atoms. The normalized spacial score (nSPS) is 11.7. The van der Waals surface area contributed by atoms with E-state index in [9.17, 15) is 9.90 Å². The molecule has 0 aliphatic rings. The van der Waals surface area contributed by atoms with Crippen molar-refractivity contribution >= 4 is 11.8 Å². The zero-order valence-corrected chi connectivity index (χ0v) is 10.9. The van der Waals surface area contributed by atoms with Gasteiger partial charge >= 0.3 is 6.03 Å². The van der Waals surface area contributed by atoms with E-state index in [0.29, 0.717) is 12.2 Å². The van der Waals surface area contributed by atoms with Crippen molar-refractivity contribution in [3.05, 3.63) is 54.5 Å². The van der Waals surface area contributed by atoms with Gasteiger partial charge in [-0.1, -0.05) is 30.3 Å². The van der Waals surface area contributed by atoms with E-state index in [1.54, 1.807) is 6.07 Å². The molecule has 0 aliphatic heterocycles. The van der Waals surface area contributed by atoms with Gasteiger partial charge in [0.2, 0.25) is 0 Å². The maximum absolute atomic E-state index is 11.8. The molecule has 0 saturated heterocycles. The summed E-state index contributed by atoms with van der Waals surface area (Å²) in [5.74, 6) is 0.411. The lowest BCUT2D eigenvalue weighted by Gasteiger charge is -2.16. The number of hydrogen-bond acceptors (Lipinski definition) is 4. The summed E-state index contributed by atoms with van der Waals surface area (Å²) in [6.45, 7) is -0.133. The molecule has 1 aromatic heterocycles. The van der Waals surface area contributed by atoms with E-state index in [1.807, 2.05) is 30.3 Å². The standard InChI is InChI=1S/C14H16N4O2/c19-9-12(8-11-4-2-1-3-5-11)17-14(20)18-13-6-7-15-10-16-13/h1-7,10,12,19H,8-9H2,(H2,15,16,17,18,20)/t12-/m1/s1. The number of benzene rings is 1. The highest BCUT2D eigenvalue weighted by molar-refractivity contribution is 5.88. The number of aliphatic hydroxyl groups excluding tert-OH is 1. The molecule has 0 radical (unpaired) electrons. The Kier molecular flexibility index (Phi) is 5.02. The van der Waals surface area contributed by atoms with Crippen molar-refractivity contribution in [3.63, 3.8) is 0 Å². The van der Waals surface area contributed by atoms with Gasteiger partial charge in [0, 0.05) is 6.20 Å². The van der Waals surface area contributed by atoms with E-state index in [4.69, 9.17) is 0 Å². The van der Waals surface area contributed by atoms with E-state index in [-0.39, 0.29) is 12.6 Å². The quantitative estimate of drug-likeness (QED) is 0.763. The summed E-state index contributed by atoms with van der Waals surface area (Å²) in [5.41, 5.74) is 1.05. The maximum Gasteiger partial charge on any atom is 0.320 e. The van der Waals surface area contributed by atoms with Crippen molar-refractivity contribution in [3.8, 4) is 0 Å². The molecule has 2 rings (SSSR count). The van der Waals surface area contributed by atoms with E-state index >= 15 is 0 Å². The Morgan fingerprint density at radius 2 is 2.05 bits per heavy atom. The molecule has 1 heterocycles. The van der Waals surface area contributed by atoms with Gasteiger partial charge in [-0.25, -0.2) is 14.8 Å². The predicted octanol–water partition coefficient (Wildman–Crippen LogP) is 1.20. The Morgan fingerprint density at radius 3 is 2.70 bits per heavy atom. The summed E-state index contributed by atoms with van der Waals surface area (Å²) in [6.07, 6.45) is 3.45. The molecule has 2 amide bonds. The fraction of sp³-hybridized carbons (Fsp3) is 0.214. The van der Waals surface area contributed by atoms with Gasteiger partial charge in [0.25, 0.3) is 0 Å². The smallest absolute Gasteiger partial charge is 0.320 e. The summed E-state index contributed by atoms with van der Waals surface area (Å²) in [7, 11) is 0. The third-order valence-electron chi connectivity index (χ3n) is 2.70. The van der Waals surface area contributed by atoms with Crippen LogP contribution in [0.15, 0.2) is 48.9 Å². The van der Waals surface area contributed by atoms with Crippen molar-refractivity contribution < 1.29 is 9.90 Å². The average molecular weight is 272 g/mol. The molecule has 6 heteroatoms. The predicted molar refractivity (Wildman–Crippen MR) is 75.2 cm³/mol. The number of anilines is 1. The van der Waals surface area contributed by atoms with Crippen LogP contribution in [-0.2, 0) is 6.42 Å². The first-order chi connectivity index (χ1) is 9.78. The highest BCUT2D eigenvalue weighted by Crippen LogP contribution is 2.03. The number of rotatable bonds is 5. The zero-order chi connectivity index (χ0) is 14.2. The number of carbonyl (C=O) groups is 1. The lowest BCUT2D eigenvalue weighted by atomic mass is 10.1. The van der Waals surface area contributed by atoms with E-state index < -0.39 is 6.03 Å². The summed E-state index contributed by atoms with van der Waals surface area (Å²) in [4.78, 5) is 19.4. The van der Waals surface area contributed by atoms with E-state index in [1.165, 1.54) is 12.5 Å². The van der Waals surface area contributed by atoms with E-state index in [0.717, 1.165) is 5.56 Å². The topological polar surface area (TPSA) is 87.1 Å². The molecule has 1 aromatic carbocycles. The van der Waals surface area contributed by atoms with Crippen LogP contribution in [0.25, 0.3) is 0 Å². The molecule has 104 valence electrons. The minimum atomic E-state index is -0.404. The van der Waals surface area contributed by atoms with Crippen molar-refractivity contribution in [2.24, 2.45) is 0 Å². The number of aromatic nitrogens is 2. The van der Waals surface area contributed by atoms with Crippen molar-refractivity contribution in [1.82, 2.24) is 15.3 Å². The molecule has 3 N–H and O–H groups in total. The number of urea groups is 1. The second-order valence-electron chi connectivity index (χ2n) is 4.26. The first-order valence-corrected chi connectivity index (χ1v) is 6.26. The summed E-state index contributed by atoms with van der Waals surface area (Å²) in [6, 6.07) is 10.5. The highest BCUT2D eigenvalue weighted by Gasteiger charge is 2.12. The molecule has 0 fully saturated rings. The van der Waals surface area contributed by atoms with Crippen LogP contribution >= 0.6 is 0 Å². The monoisotopic (exact) mass is 272 g/mol. The van der Waals surface area contributed by atoms with E-state index in [2.05, 4.69) is 20.6 Å². The summed E-state index contributed by atoms with van der Waals surface area (Å²) in [5, 5.41) is 14.6. The second-order valence-corrected chi connectivity index (χ2v) is 4.26. The Morgan fingerprint density at radius 1 is 1.25 bits per heavy atom. The number of amides is 2. The minimum absolute atomic E-state index is 0.133. The number of nitrogens with one attached hydrogen (secondary N) is 2. The summed E-state index contributed by atoms with van der Waals surface area (Å²) >= 11 is 0. The molecule has 0 saturated carbocycles. The highest BCUT2D eigenvalue weighted by atomic mass is 16.3. The van der Waals surface area contributed by atoms with Crippen LogP contribution in [0, 0.1) is 0 Å². The Labute approximate surface area is 116 Å². The van der Waals surface area contributed by atoms with Gasteiger partial charge in [-0.05, 0) is 18.1 Å². The molecule has 0 spiro atoms. The van der Waals surface area contributed by atoms with Gasteiger partial charge in [0.05, 0.1) is 12.6 Å². The van der Waals surface area contributed by atoms with Gasteiger partial charge in [0.15, 0.2) is 0 Å². The Hall–Kier alpha value is -2.47. The maximum atomic E-state index is 11.8. The van der Waals surface area contributed by atoms with Crippen LogP contribution in [0.5, 0.6) is 0 Å². The van der Waals surface area contributed by atoms with Gasteiger partial charge in [-0.3, -0.25) is 5.32 Å². The minimum Gasteiger partial charge on any atom is -0.394 e. The number of hydrogen-bond donors (Lipinski definition) is 3. The lowest BCUT2D eigenvalue weighted by Crippen LogP contribution is -2.41. The van der Waals surface area contributed by atoms with Crippen LogP contribution < -0.4 is 10.6 Å². The number of nitrogens with zero attached hydrogens (tertiary/aromatic N) is 2. The Balaban J connectivity index is 1.88. The molecule has 6 nitrogen and oxygen atoms in total. The van der Waals surface area contributed by atoms with Crippen molar-refractivity contribution in [2.75, 3.05) is 11.9 Å². The molecule has 1 atom stereocenters. The molecule has 2 aromatic rings. The third-order valence-corrected chi connectivity index (χ3v) is 2.70. The van der Waals surface area contributed by atoms with Crippen molar-refractivity contribution in [1.29, 1.82) is 0 Å². The fourth-order valence-corrected chi connectivity index (χ4v) is 1.76. The van der Waals surface area contributed by atoms with Crippen LogP contribution in [-0.4, -0.2) is 33.8 Å². The third kappa shape index (κ3) is 4.33. The van der Waals surface area contributed by atoms with Gasteiger partial charge in [0.1, 0.15) is 12.1 Å². The number of carbonyl (C=O) groups excluding carboxylic acids is 1. The van der Waals surface area contributed by atoms with Crippen molar-refractivity contribution in [2.45, 2.75) is 12.5 Å². The SMILES string of the molecule is O=C(Nc1ccncn1)N[C@@H](CO)Cc1ccccc1. The second kappa shape index (κ2) is 7.20. The average Bonchev–Trinajstić information content (AvgIpc) is 2.48. The van der Waals surface area contributed by atoms with Crippen LogP contribution in [0.2, 0.25) is 0 Å². The largest absolute Gasteiger partial charge is 0.394 e. The van der Waals surface area contributed by atoms with Gasteiger partial charge in [-0.2, -0.15) is 0 Å². The first-order valence-electron chi connectivity index (χ1n) is 6.26. The van der Waals surface area contributed by atoms with Crippen LogP contribution in [0.3, 0.4) is 0 Å². The zero-order valence-electron chi connectivity index (χ0n) is 10.9. The Bertz CT molecular complexity index is 533. The van der Waals surface area contributed by atoms with Gasteiger partial charge < -0.3 is 10.4 Å². The number of aliphatic hydroxyl groups is 1. The van der Waals surface area contributed by atoms with Crippen LogP contribution in [0.4, 0.5) is 10.6 Å². The first kappa shape index (κ1) is 14.0.